The number of nitrogens with zero attached hydrogens (tertiary/aromatic N) is 2. The van der Waals surface area contributed by atoms with Crippen LogP contribution in [0.5, 0.6) is 0 Å². The average molecular weight is 464 g/mol. The summed E-state index contributed by atoms with van der Waals surface area (Å²) in [5.41, 5.74) is 2.62. The van der Waals surface area contributed by atoms with Crippen molar-refractivity contribution in [2.24, 2.45) is 0 Å². The Morgan fingerprint density at radius 2 is 1.91 bits per heavy atom. The van der Waals surface area contributed by atoms with Crippen molar-refractivity contribution in [1.29, 1.82) is 0 Å². The van der Waals surface area contributed by atoms with Gasteiger partial charge in [0.25, 0.3) is 5.91 Å². The second kappa shape index (κ2) is 9.25. The van der Waals surface area contributed by atoms with Crippen molar-refractivity contribution < 1.29 is 23.6 Å². The number of aromatic nitrogens is 2. The third kappa shape index (κ3) is 4.78. The number of hydrogen-bond donors (Lipinski definition) is 1. The highest BCUT2D eigenvalue weighted by atomic mass is 32.1. The lowest BCUT2D eigenvalue weighted by Gasteiger charge is -2.08. The van der Waals surface area contributed by atoms with Gasteiger partial charge in [0.05, 0.1) is 10.4 Å². The first-order valence-electron chi connectivity index (χ1n) is 10.1. The molecule has 0 aliphatic rings. The Morgan fingerprint density at radius 1 is 1.09 bits per heavy atom. The number of ketones is 1. The van der Waals surface area contributed by atoms with Gasteiger partial charge in [0.1, 0.15) is 5.76 Å². The van der Waals surface area contributed by atoms with E-state index in [-0.39, 0.29) is 17.3 Å². The molecule has 3 aromatic heterocycles. The molecule has 1 N–H and O–H groups in total. The van der Waals surface area contributed by atoms with Crippen LogP contribution < -0.4 is 5.32 Å². The van der Waals surface area contributed by atoms with Crippen molar-refractivity contribution in [3.8, 4) is 5.82 Å². The molecule has 4 rings (SSSR count). The van der Waals surface area contributed by atoms with Crippen LogP contribution in [-0.4, -0.2) is 34.0 Å². The number of aryl methyl sites for hydroxylation is 2. The van der Waals surface area contributed by atoms with Gasteiger partial charge in [-0.3, -0.25) is 14.2 Å². The Hall–Kier alpha value is -3.98. The number of carbonyl (C=O) groups is 3. The number of anilines is 1. The first-order valence-corrected chi connectivity index (χ1v) is 11.0. The minimum Gasteiger partial charge on any atom is -0.454 e. The van der Waals surface area contributed by atoms with E-state index in [1.165, 1.54) is 17.4 Å². The second-order valence-corrected chi connectivity index (χ2v) is 8.38. The molecule has 0 spiro atoms. The number of Topliss-reactive ketones (excluding diaryl/α,β-unsaturated/α-hetero) is 1. The molecule has 0 unspecified atom stereocenters. The molecular weight excluding hydrogens is 442 g/mol. The average Bonchev–Trinajstić information content (AvgIpc) is 3.53. The van der Waals surface area contributed by atoms with E-state index >= 15 is 0 Å². The molecule has 4 aromatic rings. The molecule has 33 heavy (non-hydrogen) atoms. The first kappa shape index (κ1) is 22.2. The minimum absolute atomic E-state index is 0.232. The van der Waals surface area contributed by atoms with Crippen molar-refractivity contribution in [1.82, 2.24) is 9.72 Å². The fourth-order valence-corrected chi connectivity index (χ4v) is 4.09. The standard InChI is InChI=1S/C24H21N3O5S/c1-14-10-19(16(3)27(14)22-11-15(2)32-26-22)20(28)13-31-24(30)17-6-4-7-18(12-17)25-23(29)21-8-5-9-33-21/h4-12H,13H2,1-3H3,(H,25,29). The minimum atomic E-state index is -0.656. The van der Waals surface area contributed by atoms with E-state index in [1.54, 1.807) is 56.3 Å². The van der Waals surface area contributed by atoms with E-state index in [1.807, 2.05) is 16.9 Å². The van der Waals surface area contributed by atoms with Crippen LogP contribution in [0, 0.1) is 20.8 Å². The van der Waals surface area contributed by atoms with Crippen LogP contribution in [0.3, 0.4) is 0 Å². The Morgan fingerprint density at radius 3 is 2.61 bits per heavy atom. The normalized spacial score (nSPS) is 10.8. The van der Waals surface area contributed by atoms with Gasteiger partial charge in [0.2, 0.25) is 5.78 Å². The Bertz CT molecular complexity index is 1330. The largest absolute Gasteiger partial charge is 0.454 e. The summed E-state index contributed by atoms with van der Waals surface area (Å²) in [5, 5.41) is 8.55. The molecule has 0 aliphatic carbocycles. The van der Waals surface area contributed by atoms with Crippen LogP contribution in [0.25, 0.3) is 5.82 Å². The number of hydrogen-bond acceptors (Lipinski definition) is 7. The lowest BCUT2D eigenvalue weighted by atomic mass is 10.1. The topological polar surface area (TPSA) is 103 Å². The number of rotatable bonds is 7. The summed E-state index contributed by atoms with van der Waals surface area (Å²) in [7, 11) is 0. The van der Waals surface area contributed by atoms with Gasteiger partial charge in [-0.2, -0.15) is 0 Å². The molecule has 0 saturated carbocycles. The molecule has 0 atom stereocenters. The summed E-state index contributed by atoms with van der Waals surface area (Å²) in [6.07, 6.45) is 0. The quantitative estimate of drug-likeness (QED) is 0.314. The second-order valence-electron chi connectivity index (χ2n) is 7.43. The van der Waals surface area contributed by atoms with Crippen LogP contribution in [0.2, 0.25) is 0 Å². The van der Waals surface area contributed by atoms with Crippen LogP contribution in [0.1, 0.15) is 47.5 Å². The zero-order valence-electron chi connectivity index (χ0n) is 18.2. The summed E-state index contributed by atoms with van der Waals surface area (Å²) in [4.78, 5) is 38.1. The number of ether oxygens (including phenoxy) is 1. The number of nitrogens with one attached hydrogen (secondary N) is 1. The Balaban J connectivity index is 1.42. The molecule has 1 aromatic carbocycles. The van der Waals surface area contributed by atoms with Gasteiger partial charge in [-0.1, -0.05) is 17.3 Å². The number of amides is 1. The maximum absolute atomic E-state index is 12.8. The summed E-state index contributed by atoms with van der Waals surface area (Å²) < 4.78 is 12.2. The lowest BCUT2D eigenvalue weighted by Crippen LogP contribution is -2.15. The van der Waals surface area contributed by atoms with E-state index in [9.17, 15) is 14.4 Å². The van der Waals surface area contributed by atoms with Crippen molar-refractivity contribution in [2.75, 3.05) is 11.9 Å². The number of esters is 1. The van der Waals surface area contributed by atoms with Crippen molar-refractivity contribution in [2.45, 2.75) is 20.8 Å². The predicted octanol–water partition coefficient (Wildman–Crippen LogP) is 4.74. The zero-order chi connectivity index (χ0) is 23.5. The lowest BCUT2D eigenvalue weighted by molar-refractivity contribution is 0.0474. The molecule has 0 bridgehead atoms. The zero-order valence-corrected chi connectivity index (χ0v) is 19.1. The van der Waals surface area contributed by atoms with E-state index in [4.69, 9.17) is 9.26 Å². The van der Waals surface area contributed by atoms with Crippen molar-refractivity contribution >= 4 is 34.7 Å². The van der Waals surface area contributed by atoms with Gasteiger partial charge in [0, 0.05) is 28.7 Å². The molecular formula is C24H21N3O5S. The highest BCUT2D eigenvalue weighted by Gasteiger charge is 2.20. The number of thiophene rings is 1. The van der Waals surface area contributed by atoms with E-state index < -0.39 is 12.6 Å². The van der Waals surface area contributed by atoms with E-state index in [0.717, 1.165) is 5.69 Å². The summed E-state index contributed by atoms with van der Waals surface area (Å²) in [6, 6.07) is 13.4. The summed E-state index contributed by atoms with van der Waals surface area (Å²) in [5.74, 6) is -0.00185. The molecule has 0 fully saturated rings. The first-order chi connectivity index (χ1) is 15.8. The summed E-state index contributed by atoms with van der Waals surface area (Å²) >= 11 is 1.32. The third-order valence-electron chi connectivity index (χ3n) is 5.01. The van der Waals surface area contributed by atoms with Crippen LogP contribution >= 0.6 is 11.3 Å². The van der Waals surface area contributed by atoms with Crippen LogP contribution in [-0.2, 0) is 4.74 Å². The Kier molecular flexibility index (Phi) is 6.23. The summed E-state index contributed by atoms with van der Waals surface area (Å²) in [6.45, 7) is 5.03. The third-order valence-corrected chi connectivity index (χ3v) is 5.88. The highest BCUT2D eigenvalue weighted by molar-refractivity contribution is 7.12. The van der Waals surface area contributed by atoms with E-state index in [2.05, 4.69) is 10.5 Å². The molecule has 168 valence electrons. The predicted molar refractivity (Wildman–Crippen MR) is 123 cm³/mol. The fraction of sp³-hybridized carbons (Fsp3) is 0.167. The van der Waals surface area contributed by atoms with Crippen LogP contribution in [0.4, 0.5) is 5.69 Å². The maximum Gasteiger partial charge on any atom is 0.338 e. The highest BCUT2D eigenvalue weighted by Crippen LogP contribution is 2.21. The van der Waals surface area contributed by atoms with Crippen LogP contribution in [0.15, 0.2) is 58.4 Å². The molecule has 3 heterocycles. The van der Waals surface area contributed by atoms with E-state index in [0.29, 0.717) is 33.4 Å². The molecule has 0 aliphatic heterocycles. The van der Waals surface area contributed by atoms with Gasteiger partial charge in [0.15, 0.2) is 12.4 Å². The van der Waals surface area contributed by atoms with Gasteiger partial charge < -0.3 is 14.6 Å². The molecule has 0 saturated heterocycles. The Labute approximate surface area is 193 Å². The molecule has 8 nitrogen and oxygen atoms in total. The molecule has 1 amide bonds. The number of benzene rings is 1. The van der Waals surface area contributed by atoms with Crippen molar-refractivity contribution in [3.63, 3.8) is 0 Å². The smallest absolute Gasteiger partial charge is 0.338 e. The van der Waals surface area contributed by atoms with Crippen molar-refractivity contribution in [3.05, 3.63) is 87.1 Å². The molecule has 0 radical (unpaired) electrons. The van der Waals surface area contributed by atoms with Gasteiger partial charge in [-0.05, 0) is 56.5 Å². The van der Waals surface area contributed by atoms with Gasteiger partial charge in [-0.25, -0.2) is 4.79 Å². The SMILES string of the molecule is Cc1cc(-n2c(C)cc(C(=O)COC(=O)c3cccc(NC(=O)c4cccs4)c3)c2C)no1. The fourth-order valence-electron chi connectivity index (χ4n) is 3.47. The number of carbonyl (C=O) groups excluding carboxylic acids is 3. The van der Waals surface area contributed by atoms with Gasteiger partial charge >= 0.3 is 5.97 Å². The molecule has 9 heteroatoms. The maximum atomic E-state index is 12.8. The monoisotopic (exact) mass is 463 g/mol. The van der Waals surface area contributed by atoms with Gasteiger partial charge in [-0.15, -0.1) is 11.3 Å².